The van der Waals surface area contributed by atoms with Crippen molar-refractivity contribution in [2.75, 3.05) is 24.2 Å². The van der Waals surface area contributed by atoms with Crippen LogP contribution in [0.25, 0.3) is 5.82 Å². The van der Waals surface area contributed by atoms with Crippen molar-refractivity contribution in [2.24, 2.45) is 0 Å². The van der Waals surface area contributed by atoms with Crippen LogP contribution in [0.1, 0.15) is 18.5 Å². The first-order chi connectivity index (χ1) is 10.9. The maximum atomic E-state index is 11.3. The summed E-state index contributed by atoms with van der Waals surface area (Å²) >= 11 is 0. The fourth-order valence-corrected chi connectivity index (χ4v) is 3.52. The Morgan fingerprint density at radius 1 is 1.13 bits per heavy atom. The van der Waals surface area contributed by atoms with Crippen molar-refractivity contribution >= 4 is 15.8 Å². The molecule has 9 heteroatoms. The monoisotopic (exact) mass is 336 g/mol. The molecule has 3 rings (SSSR count). The van der Waals surface area contributed by atoms with Crippen molar-refractivity contribution in [3.8, 4) is 5.82 Å². The summed E-state index contributed by atoms with van der Waals surface area (Å²) < 4.78 is 26.9. The lowest BCUT2D eigenvalue weighted by molar-refractivity contribution is 0.459. The van der Waals surface area contributed by atoms with Crippen LogP contribution in [0.3, 0.4) is 0 Å². The Morgan fingerprint density at radius 2 is 1.78 bits per heavy atom. The second kappa shape index (κ2) is 6.25. The average Bonchev–Trinajstić information content (AvgIpc) is 2.93. The van der Waals surface area contributed by atoms with Gasteiger partial charge in [-0.1, -0.05) is 0 Å². The molecule has 0 radical (unpaired) electrons. The normalized spacial score (nSPS) is 16.7. The molecule has 1 fully saturated rings. The van der Waals surface area contributed by atoms with E-state index in [0.717, 1.165) is 37.4 Å². The zero-order valence-electron chi connectivity index (χ0n) is 13.2. The number of aryl methyl sites for hydroxylation is 1. The largest absolute Gasteiger partial charge is 0.355 e. The third kappa shape index (κ3) is 4.05. The zero-order chi connectivity index (χ0) is 16.4. The van der Waals surface area contributed by atoms with Gasteiger partial charge >= 0.3 is 0 Å². The summed E-state index contributed by atoms with van der Waals surface area (Å²) in [5.41, 5.74) is 0.927. The summed E-state index contributed by atoms with van der Waals surface area (Å²) in [5, 5.41) is 12.8. The van der Waals surface area contributed by atoms with Gasteiger partial charge in [-0.05, 0) is 38.0 Å². The van der Waals surface area contributed by atoms with Crippen molar-refractivity contribution in [3.63, 3.8) is 0 Å². The van der Waals surface area contributed by atoms with Gasteiger partial charge in [0.05, 0.1) is 11.9 Å². The predicted molar refractivity (Wildman–Crippen MR) is 87.1 cm³/mol. The molecule has 0 atom stereocenters. The first-order valence-electron chi connectivity index (χ1n) is 7.49. The van der Waals surface area contributed by atoms with Crippen molar-refractivity contribution in [1.29, 1.82) is 0 Å². The minimum absolute atomic E-state index is 0.000493. The maximum Gasteiger partial charge on any atom is 0.208 e. The van der Waals surface area contributed by atoms with Gasteiger partial charge in [-0.3, -0.25) is 0 Å². The van der Waals surface area contributed by atoms with Crippen molar-refractivity contribution in [2.45, 2.75) is 25.8 Å². The molecule has 1 N–H and O–H groups in total. The van der Waals surface area contributed by atoms with E-state index in [0.29, 0.717) is 5.82 Å². The molecule has 0 aliphatic carbocycles. The predicted octanol–water partition coefficient (Wildman–Crippen LogP) is 0.489. The van der Waals surface area contributed by atoms with Crippen LogP contribution >= 0.6 is 0 Å². The number of rotatable bonds is 4. The minimum atomic E-state index is -3.15. The lowest BCUT2D eigenvalue weighted by Crippen LogP contribution is -2.44. The first kappa shape index (κ1) is 15.9. The lowest BCUT2D eigenvalue weighted by Gasteiger charge is -2.32. The topological polar surface area (TPSA) is 93.0 Å². The second-order valence-corrected chi connectivity index (χ2v) is 7.58. The summed E-state index contributed by atoms with van der Waals surface area (Å²) in [4.78, 5) is 2.12. The lowest BCUT2D eigenvalue weighted by atomic mass is 10.1. The van der Waals surface area contributed by atoms with Crippen molar-refractivity contribution in [3.05, 3.63) is 30.1 Å². The van der Waals surface area contributed by atoms with E-state index in [1.807, 2.05) is 31.3 Å². The van der Waals surface area contributed by atoms with E-state index in [1.165, 1.54) is 6.26 Å². The molecular weight excluding hydrogens is 316 g/mol. The van der Waals surface area contributed by atoms with Gasteiger partial charge in [0.1, 0.15) is 0 Å². The van der Waals surface area contributed by atoms with Gasteiger partial charge in [-0.25, -0.2) is 17.8 Å². The van der Waals surface area contributed by atoms with Gasteiger partial charge in [-0.2, -0.15) is 5.10 Å². The Morgan fingerprint density at radius 3 is 2.30 bits per heavy atom. The average molecular weight is 336 g/mol. The number of sulfonamides is 1. The molecule has 124 valence electrons. The fraction of sp³-hybridized carbons (Fsp3) is 0.500. The third-order valence-electron chi connectivity index (χ3n) is 3.79. The number of nitrogens with one attached hydrogen (secondary N) is 1. The van der Waals surface area contributed by atoms with Gasteiger partial charge < -0.3 is 4.90 Å². The number of aromatic nitrogens is 4. The van der Waals surface area contributed by atoms with Crippen molar-refractivity contribution in [1.82, 2.24) is 24.7 Å². The maximum absolute atomic E-state index is 11.3. The molecule has 0 spiro atoms. The van der Waals surface area contributed by atoms with Crippen LogP contribution in [0.4, 0.5) is 5.82 Å². The molecule has 23 heavy (non-hydrogen) atoms. The number of hydrogen-bond acceptors (Lipinski definition) is 6. The van der Waals surface area contributed by atoms with Gasteiger partial charge in [0, 0.05) is 25.3 Å². The number of hydrogen-bond donors (Lipinski definition) is 1. The molecule has 0 amide bonds. The molecule has 2 aromatic heterocycles. The standard InChI is InChI=1S/C14H20N6O2S/c1-11-5-10-20(17-11)14-4-3-13(15-16-14)19-8-6-12(7-9-19)18-23(2,21)22/h3-5,10,12,18H,6-9H2,1-2H3. The van der Waals surface area contributed by atoms with E-state index in [1.54, 1.807) is 4.68 Å². The highest BCUT2D eigenvalue weighted by Crippen LogP contribution is 2.18. The molecular formula is C14H20N6O2S. The Kier molecular flexibility index (Phi) is 4.31. The minimum Gasteiger partial charge on any atom is -0.355 e. The van der Waals surface area contributed by atoms with Gasteiger partial charge in [0.2, 0.25) is 10.0 Å². The number of piperidine rings is 1. The molecule has 1 saturated heterocycles. The molecule has 2 aromatic rings. The van der Waals surface area contributed by atoms with Crippen LogP contribution in [0.5, 0.6) is 0 Å². The number of anilines is 1. The highest BCUT2D eigenvalue weighted by atomic mass is 32.2. The summed E-state index contributed by atoms with van der Waals surface area (Å²) in [6.07, 6.45) is 4.56. The van der Waals surface area contributed by atoms with Crippen molar-refractivity contribution < 1.29 is 8.42 Å². The van der Waals surface area contributed by atoms with Crippen LogP contribution in [-0.4, -0.2) is 53.8 Å². The Labute approximate surface area is 135 Å². The van der Waals surface area contributed by atoms with Crippen LogP contribution in [0.15, 0.2) is 24.4 Å². The van der Waals surface area contributed by atoms with Gasteiger partial charge in [0.15, 0.2) is 11.6 Å². The summed E-state index contributed by atoms with van der Waals surface area (Å²) in [7, 11) is -3.15. The molecule has 3 heterocycles. The quantitative estimate of drug-likeness (QED) is 0.873. The van der Waals surface area contributed by atoms with Crippen LogP contribution in [0.2, 0.25) is 0 Å². The molecule has 1 aliphatic heterocycles. The van der Waals surface area contributed by atoms with E-state index in [2.05, 4.69) is 24.9 Å². The summed E-state index contributed by atoms with van der Waals surface area (Å²) in [6.45, 7) is 3.43. The smallest absolute Gasteiger partial charge is 0.208 e. The van der Waals surface area contributed by atoms with Gasteiger partial charge in [-0.15, -0.1) is 10.2 Å². The van der Waals surface area contributed by atoms with E-state index in [-0.39, 0.29) is 6.04 Å². The fourth-order valence-electron chi connectivity index (χ4n) is 2.68. The van der Waals surface area contributed by atoms with Gasteiger partial charge in [0.25, 0.3) is 0 Å². The van der Waals surface area contributed by atoms with Crippen LogP contribution in [0, 0.1) is 6.92 Å². The van der Waals surface area contributed by atoms with Crippen LogP contribution in [-0.2, 0) is 10.0 Å². The van der Waals surface area contributed by atoms with Crippen LogP contribution < -0.4 is 9.62 Å². The Hall–Kier alpha value is -2.00. The molecule has 1 aliphatic rings. The molecule has 0 unspecified atom stereocenters. The van der Waals surface area contributed by atoms with E-state index < -0.39 is 10.0 Å². The highest BCUT2D eigenvalue weighted by molar-refractivity contribution is 7.88. The SMILES string of the molecule is Cc1ccn(-c2ccc(N3CCC(NS(C)(=O)=O)CC3)nn2)n1. The first-order valence-corrected chi connectivity index (χ1v) is 9.38. The van der Waals surface area contributed by atoms with E-state index in [4.69, 9.17) is 0 Å². The second-order valence-electron chi connectivity index (χ2n) is 5.80. The third-order valence-corrected chi connectivity index (χ3v) is 4.55. The van der Waals surface area contributed by atoms with E-state index in [9.17, 15) is 8.42 Å². The molecule has 0 saturated carbocycles. The van der Waals surface area contributed by atoms with E-state index >= 15 is 0 Å². The number of nitrogens with zero attached hydrogens (tertiary/aromatic N) is 5. The molecule has 0 bridgehead atoms. The highest BCUT2D eigenvalue weighted by Gasteiger charge is 2.22. The zero-order valence-corrected chi connectivity index (χ0v) is 14.0. The Bertz CT molecular complexity index is 763. The molecule has 0 aromatic carbocycles. The summed E-state index contributed by atoms with van der Waals surface area (Å²) in [6, 6.07) is 5.72. The Balaban J connectivity index is 1.63. The molecule has 8 nitrogen and oxygen atoms in total. The summed E-state index contributed by atoms with van der Waals surface area (Å²) in [5.74, 6) is 1.48.